The minimum absolute atomic E-state index is 0.0654. The summed E-state index contributed by atoms with van der Waals surface area (Å²) < 4.78 is 30.5. The topological polar surface area (TPSA) is 140 Å². The molecule has 2 heterocycles. The first-order valence-electron chi connectivity index (χ1n) is 13.6. The molecule has 2 aromatic heterocycles. The van der Waals surface area contributed by atoms with Gasteiger partial charge in [0.25, 0.3) is 0 Å². The molecule has 0 aliphatic rings. The number of methoxy groups -OCH3 is 1. The first-order chi connectivity index (χ1) is 21.2. The van der Waals surface area contributed by atoms with Crippen LogP contribution in [0.5, 0.6) is 11.5 Å². The van der Waals surface area contributed by atoms with Crippen molar-refractivity contribution in [2.75, 3.05) is 13.7 Å². The van der Waals surface area contributed by atoms with E-state index < -0.39 is 6.61 Å². The van der Waals surface area contributed by atoms with E-state index in [9.17, 15) is 18.4 Å². The molecule has 4 rings (SSSR count). The number of nitrogens with zero attached hydrogens (tertiary/aromatic N) is 2. The Hall–Kier alpha value is -4.39. The number of unbranched alkanes of at least 4 members (excludes halogenated alkanes) is 2. The van der Waals surface area contributed by atoms with Gasteiger partial charge in [0.1, 0.15) is 17.8 Å². The van der Waals surface area contributed by atoms with Gasteiger partial charge in [0.05, 0.1) is 18.0 Å². The summed E-state index contributed by atoms with van der Waals surface area (Å²) in [4.78, 5) is 40.0. The third kappa shape index (κ3) is 12.9. The summed E-state index contributed by atoms with van der Waals surface area (Å²) in [5.74, 6) is 1.12. The molecule has 0 aliphatic carbocycles. The molecule has 236 valence electrons. The molecule has 0 bridgehead atoms. The van der Waals surface area contributed by atoms with Crippen molar-refractivity contribution in [2.45, 2.75) is 45.8 Å². The molecule has 4 N–H and O–H groups in total. The molecule has 0 atom stereocenters. The lowest BCUT2D eigenvalue weighted by Gasteiger charge is -2.23. The minimum Gasteiger partial charge on any atom is -0.456 e. The number of aromatic amines is 1. The van der Waals surface area contributed by atoms with Crippen molar-refractivity contribution in [1.82, 2.24) is 20.4 Å². The molecule has 2 aromatic carbocycles. The molecule has 0 radical (unpaired) electrons. The second-order valence-electron chi connectivity index (χ2n) is 9.29. The molecule has 2 amide bonds. The van der Waals surface area contributed by atoms with Gasteiger partial charge in [0.2, 0.25) is 12.3 Å². The number of aromatic nitrogens is 2. The van der Waals surface area contributed by atoms with Crippen LogP contribution in [-0.2, 0) is 32.1 Å². The van der Waals surface area contributed by atoms with Crippen LogP contribution >= 0.6 is 11.6 Å². The van der Waals surface area contributed by atoms with Crippen LogP contribution in [0.4, 0.5) is 8.78 Å². The molecule has 0 saturated heterocycles. The van der Waals surface area contributed by atoms with Crippen LogP contribution < -0.4 is 15.9 Å². The second-order valence-corrected chi connectivity index (χ2v) is 9.70. The number of nitrogens with one attached hydrogen (secondary N) is 2. The number of hydrogen-bond donors (Lipinski definition) is 3. The van der Waals surface area contributed by atoms with E-state index >= 15 is 0 Å². The fourth-order valence-corrected chi connectivity index (χ4v) is 4.18. The van der Waals surface area contributed by atoms with Gasteiger partial charge in [-0.1, -0.05) is 29.8 Å². The summed E-state index contributed by atoms with van der Waals surface area (Å²) in [6.45, 7) is 0.318. The van der Waals surface area contributed by atoms with E-state index in [1.807, 2.05) is 61.5 Å². The van der Waals surface area contributed by atoms with Crippen molar-refractivity contribution in [3.63, 3.8) is 0 Å². The van der Waals surface area contributed by atoms with Gasteiger partial charge in [-0.2, -0.15) is 8.78 Å². The van der Waals surface area contributed by atoms with Crippen molar-refractivity contribution in [1.29, 1.82) is 0 Å². The zero-order chi connectivity index (χ0) is 32.3. The van der Waals surface area contributed by atoms with Crippen LogP contribution in [0.3, 0.4) is 0 Å². The highest BCUT2D eigenvalue weighted by molar-refractivity contribution is 6.32. The van der Waals surface area contributed by atoms with E-state index in [0.717, 1.165) is 54.0 Å². The van der Waals surface area contributed by atoms with Crippen molar-refractivity contribution >= 4 is 41.1 Å². The monoisotopic (exact) mass is 631 g/mol. The number of halogens is 3. The van der Waals surface area contributed by atoms with Gasteiger partial charge in [-0.15, -0.1) is 0 Å². The molecule has 0 aliphatic heterocycles. The number of H-pyrrole nitrogens is 1. The zero-order valence-corrected chi connectivity index (χ0v) is 25.2. The van der Waals surface area contributed by atoms with Crippen LogP contribution in [0.25, 0.3) is 10.9 Å². The van der Waals surface area contributed by atoms with E-state index in [1.165, 1.54) is 0 Å². The van der Waals surface area contributed by atoms with Crippen molar-refractivity contribution in [2.24, 2.45) is 5.73 Å². The Morgan fingerprint density at radius 1 is 1.16 bits per heavy atom. The lowest BCUT2D eigenvalue weighted by atomic mass is 10.1. The van der Waals surface area contributed by atoms with Crippen molar-refractivity contribution in [3.8, 4) is 11.5 Å². The number of rotatable bonds is 13. The molecule has 0 saturated carbocycles. The average molecular weight is 632 g/mol. The highest BCUT2D eigenvalue weighted by atomic mass is 35.5. The Morgan fingerprint density at radius 3 is 2.57 bits per heavy atom. The number of primary amides is 1. The van der Waals surface area contributed by atoms with Crippen LogP contribution in [0.2, 0.25) is 5.02 Å². The number of hydrazine groups is 1. The van der Waals surface area contributed by atoms with Crippen LogP contribution in [0.15, 0.2) is 67.0 Å². The Morgan fingerprint density at radius 2 is 1.91 bits per heavy atom. The standard InChI is InChI=1S/C28H29ClN4O3.C2H4F2O.CH3NO/c1-20-8-9-27(25(29)14-20)36-24-7-5-6-21(15-24)16-28(35)33(12-3-2-4-13-34)31-19-23-17-22-18-30-11-10-26(22)32-23;1-5-2(3)4;2-1-3/h5-11,13-15,17-18,31-32H,2-4,12,16,19H2,1H3;2H,1H3;1H,(H2,2,3). The number of pyridine rings is 1. The van der Waals surface area contributed by atoms with Gasteiger partial charge in [-0.25, -0.2) is 5.43 Å². The summed E-state index contributed by atoms with van der Waals surface area (Å²) in [6, 6.07) is 17.0. The number of hydrogen-bond acceptors (Lipinski definition) is 7. The Balaban J connectivity index is 0.000000754. The van der Waals surface area contributed by atoms with E-state index in [2.05, 4.69) is 25.9 Å². The molecule has 0 spiro atoms. The lowest BCUT2D eigenvalue weighted by Crippen LogP contribution is -2.44. The first kappa shape index (κ1) is 35.8. The van der Waals surface area contributed by atoms with E-state index in [0.29, 0.717) is 36.0 Å². The van der Waals surface area contributed by atoms with E-state index in [4.69, 9.17) is 21.1 Å². The van der Waals surface area contributed by atoms with Gasteiger partial charge < -0.3 is 25.0 Å². The number of aldehydes is 1. The number of ether oxygens (including phenoxy) is 2. The number of alkyl halides is 2. The maximum Gasteiger partial charge on any atom is 0.345 e. The van der Waals surface area contributed by atoms with Gasteiger partial charge >= 0.3 is 6.61 Å². The number of aryl methyl sites for hydroxylation is 1. The number of fused-ring (bicyclic) bond motifs is 1. The number of carbonyl (C=O) groups is 3. The maximum atomic E-state index is 13.2. The van der Waals surface area contributed by atoms with E-state index in [-0.39, 0.29) is 18.7 Å². The summed E-state index contributed by atoms with van der Waals surface area (Å²) in [7, 11) is 0.949. The lowest BCUT2D eigenvalue weighted by molar-refractivity contribution is -0.134. The Kier molecular flexibility index (Phi) is 16.1. The number of carbonyl (C=O) groups excluding carboxylic acids is 3. The third-order valence-electron chi connectivity index (χ3n) is 5.94. The highest BCUT2D eigenvalue weighted by Crippen LogP contribution is 2.30. The zero-order valence-electron chi connectivity index (χ0n) is 24.5. The highest BCUT2D eigenvalue weighted by Gasteiger charge is 2.15. The smallest absolute Gasteiger partial charge is 0.345 e. The first-order valence-corrected chi connectivity index (χ1v) is 14.0. The Labute approximate surface area is 259 Å². The van der Waals surface area contributed by atoms with Crippen LogP contribution in [-0.4, -0.2) is 53.8 Å². The van der Waals surface area contributed by atoms with Gasteiger partial charge in [0.15, 0.2) is 0 Å². The largest absolute Gasteiger partial charge is 0.456 e. The summed E-state index contributed by atoms with van der Waals surface area (Å²) in [5, 5.41) is 3.19. The number of nitrogens with two attached hydrogens (primary N) is 1. The summed E-state index contributed by atoms with van der Waals surface area (Å²) in [5.41, 5.74) is 11.3. The summed E-state index contributed by atoms with van der Waals surface area (Å²) >= 11 is 6.31. The molecule has 4 aromatic rings. The molecule has 10 nitrogen and oxygen atoms in total. The van der Waals surface area contributed by atoms with Gasteiger partial charge in [-0.3, -0.25) is 19.6 Å². The Bertz CT molecular complexity index is 1440. The molecule has 13 heteroatoms. The number of amides is 2. The van der Waals surface area contributed by atoms with Crippen LogP contribution in [0.1, 0.15) is 36.1 Å². The SMILES string of the molecule is COC(F)F.Cc1ccc(Oc2cccc(CC(=O)N(CCCCC=O)NCc3cc4cnccc4[nH]3)c2)c(Cl)c1.NC=O. The van der Waals surface area contributed by atoms with Crippen LogP contribution in [0, 0.1) is 6.92 Å². The minimum atomic E-state index is -2.62. The molecule has 44 heavy (non-hydrogen) atoms. The average Bonchev–Trinajstić information content (AvgIpc) is 3.42. The summed E-state index contributed by atoms with van der Waals surface area (Å²) in [6.07, 6.45) is 6.84. The molecular formula is C31H36ClF2N5O5. The van der Waals surface area contributed by atoms with E-state index in [1.54, 1.807) is 17.4 Å². The predicted molar refractivity (Wildman–Crippen MR) is 164 cm³/mol. The maximum absolute atomic E-state index is 13.2. The normalized spacial score (nSPS) is 10.3. The molecular weight excluding hydrogens is 596 g/mol. The third-order valence-corrected chi connectivity index (χ3v) is 6.23. The molecule has 0 fully saturated rings. The molecule has 0 unspecified atom stereocenters. The van der Waals surface area contributed by atoms with Gasteiger partial charge in [-0.05, 0) is 67.3 Å². The number of benzene rings is 2. The second kappa shape index (κ2) is 19.7. The van der Waals surface area contributed by atoms with Gasteiger partial charge in [0, 0.05) is 49.1 Å². The van der Waals surface area contributed by atoms with Crippen molar-refractivity contribution < 1.29 is 32.6 Å². The predicted octanol–water partition coefficient (Wildman–Crippen LogP) is 5.72. The quantitative estimate of drug-likeness (QED) is 0.0974. The van der Waals surface area contributed by atoms with Crippen molar-refractivity contribution in [3.05, 3.63) is 88.8 Å². The fourth-order valence-electron chi connectivity index (χ4n) is 3.90. The fraction of sp³-hybridized carbons (Fsp3) is 0.290.